The van der Waals surface area contributed by atoms with Crippen LogP contribution in [-0.4, -0.2) is 21.7 Å². The van der Waals surface area contributed by atoms with Crippen molar-refractivity contribution in [1.29, 1.82) is 0 Å². The number of rotatable bonds is 2. The summed E-state index contributed by atoms with van der Waals surface area (Å²) < 4.78 is 5.34. The molecular weight excluding hydrogens is 287 g/mol. The zero-order valence-electron chi connectivity index (χ0n) is 10.3. The first-order valence-corrected chi connectivity index (χ1v) is 6.75. The molecule has 0 aliphatic carbocycles. The maximum Gasteiger partial charge on any atom is 0.247 e. The monoisotopic (exact) mass is 298 g/mol. The van der Waals surface area contributed by atoms with E-state index in [4.69, 9.17) is 27.7 Å². The third-order valence-corrected chi connectivity index (χ3v) is 3.78. The van der Waals surface area contributed by atoms with Gasteiger partial charge < -0.3 is 9.84 Å². The van der Waals surface area contributed by atoms with Gasteiger partial charge in [0, 0.05) is 6.20 Å². The average molecular weight is 299 g/mol. The van der Waals surface area contributed by atoms with Gasteiger partial charge in [-0.1, -0.05) is 28.4 Å². The van der Waals surface area contributed by atoms with Gasteiger partial charge in [0.1, 0.15) is 5.69 Å². The molecule has 1 atom stereocenters. The van der Waals surface area contributed by atoms with Crippen LogP contribution in [0.15, 0.2) is 16.8 Å². The molecular formula is C12H12Cl2N4O. The van der Waals surface area contributed by atoms with E-state index in [-0.39, 0.29) is 5.54 Å². The van der Waals surface area contributed by atoms with Crippen LogP contribution in [0.1, 0.15) is 25.7 Å². The van der Waals surface area contributed by atoms with E-state index in [2.05, 4.69) is 20.4 Å². The van der Waals surface area contributed by atoms with Gasteiger partial charge in [-0.05, 0) is 32.4 Å². The highest BCUT2D eigenvalue weighted by Crippen LogP contribution is 2.31. The summed E-state index contributed by atoms with van der Waals surface area (Å²) in [7, 11) is 0. The van der Waals surface area contributed by atoms with Gasteiger partial charge in [0.15, 0.2) is 0 Å². The number of aromatic nitrogens is 3. The van der Waals surface area contributed by atoms with E-state index < -0.39 is 0 Å². The molecule has 1 fully saturated rings. The van der Waals surface area contributed by atoms with Gasteiger partial charge in [-0.25, -0.2) is 4.98 Å². The molecule has 2 aromatic heterocycles. The van der Waals surface area contributed by atoms with Crippen LogP contribution in [0.25, 0.3) is 11.5 Å². The first-order chi connectivity index (χ1) is 9.08. The fourth-order valence-electron chi connectivity index (χ4n) is 2.20. The van der Waals surface area contributed by atoms with Crippen molar-refractivity contribution in [3.8, 4) is 11.5 Å². The van der Waals surface area contributed by atoms with Gasteiger partial charge >= 0.3 is 0 Å². The fourth-order valence-corrected chi connectivity index (χ4v) is 2.66. The summed E-state index contributed by atoms with van der Waals surface area (Å²) in [6.45, 7) is 3.00. The molecule has 100 valence electrons. The maximum atomic E-state index is 6.08. The van der Waals surface area contributed by atoms with Crippen molar-refractivity contribution in [1.82, 2.24) is 20.4 Å². The molecule has 0 aromatic carbocycles. The Kier molecular flexibility index (Phi) is 3.20. The SMILES string of the molecule is CC1(c2nc(-c3ncc(Cl)cc3Cl)no2)CCCN1. The van der Waals surface area contributed by atoms with E-state index in [0.717, 1.165) is 19.4 Å². The Morgan fingerprint density at radius 1 is 1.42 bits per heavy atom. The number of nitrogens with zero attached hydrogens (tertiary/aromatic N) is 3. The molecule has 0 radical (unpaired) electrons. The lowest BCUT2D eigenvalue weighted by Gasteiger charge is -2.18. The molecule has 1 aliphatic rings. The lowest BCUT2D eigenvalue weighted by atomic mass is 10.0. The van der Waals surface area contributed by atoms with Gasteiger partial charge in [0.05, 0.1) is 15.6 Å². The standard InChI is InChI=1S/C12H12Cl2N4O/c1-12(3-2-4-16-12)11-17-10(18-19-11)9-8(14)5-7(13)6-15-9/h5-6,16H,2-4H2,1H3. The summed E-state index contributed by atoms with van der Waals surface area (Å²) in [5, 5.41) is 8.20. The Morgan fingerprint density at radius 2 is 2.26 bits per heavy atom. The van der Waals surface area contributed by atoms with Crippen LogP contribution in [0.4, 0.5) is 0 Å². The quantitative estimate of drug-likeness (QED) is 0.923. The second-order valence-electron chi connectivity index (χ2n) is 4.77. The normalized spacial score (nSPS) is 22.9. The van der Waals surface area contributed by atoms with Crippen molar-refractivity contribution in [3.05, 3.63) is 28.2 Å². The zero-order valence-corrected chi connectivity index (χ0v) is 11.8. The topological polar surface area (TPSA) is 63.8 Å². The first-order valence-electron chi connectivity index (χ1n) is 5.99. The number of pyridine rings is 1. The Morgan fingerprint density at radius 3 is 2.95 bits per heavy atom. The maximum absolute atomic E-state index is 6.08. The van der Waals surface area contributed by atoms with Crippen molar-refractivity contribution in [2.24, 2.45) is 0 Å². The van der Waals surface area contributed by atoms with Gasteiger partial charge in [-0.2, -0.15) is 4.98 Å². The highest BCUT2D eigenvalue weighted by molar-refractivity contribution is 6.35. The predicted molar refractivity (Wildman–Crippen MR) is 72.1 cm³/mol. The van der Waals surface area contributed by atoms with Crippen molar-refractivity contribution in [2.45, 2.75) is 25.3 Å². The molecule has 3 rings (SSSR count). The van der Waals surface area contributed by atoms with Crippen LogP contribution in [0.3, 0.4) is 0 Å². The lowest BCUT2D eigenvalue weighted by molar-refractivity contribution is 0.275. The molecule has 2 aromatic rings. The molecule has 7 heteroatoms. The number of hydrogen-bond acceptors (Lipinski definition) is 5. The molecule has 1 unspecified atom stereocenters. The predicted octanol–water partition coefficient (Wildman–Crippen LogP) is 3.04. The zero-order chi connectivity index (χ0) is 13.5. The number of halogens is 2. The molecule has 1 saturated heterocycles. The highest BCUT2D eigenvalue weighted by atomic mass is 35.5. The van der Waals surface area contributed by atoms with Gasteiger partial charge in [-0.3, -0.25) is 0 Å². The van der Waals surface area contributed by atoms with Crippen LogP contribution in [-0.2, 0) is 5.54 Å². The van der Waals surface area contributed by atoms with Crippen LogP contribution in [0.2, 0.25) is 10.0 Å². The molecule has 5 nitrogen and oxygen atoms in total. The Bertz CT molecular complexity index is 608. The van der Waals surface area contributed by atoms with Crippen molar-refractivity contribution < 1.29 is 4.52 Å². The minimum Gasteiger partial charge on any atom is -0.337 e. The number of hydrogen-bond donors (Lipinski definition) is 1. The molecule has 19 heavy (non-hydrogen) atoms. The van der Waals surface area contributed by atoms with Crippen molar-refractivity contribution in [3.63, 3.8) is 0 Å². The fraction of sp³-hybridized carbons (Fsp3) is 0.417. The van der Waals surface area contributed by atoms with E-state index in [1.807, 2.05) is 6.92 Å². The first kappa shape index (κ1) is 12.8. The minimum atomic E-state index is -0.260. The van der Waals surface area contributed by atoms with Gasteiger partial charge in [-0.15, -0.1) is 0 Å². The second kappa shape index (κ2) is 4.74. The molecule has 0 amide bonds. The van der Waals surface area contributed by atoms with E-state index in [1.165, 1.54) is 6.20 Å². The minimum absolute atomic E-state index is 0.260. The largest absolute Gasteiger partial charge is 0.337 e. The molecule has 0 bridgehead atoms. The van der Waals surface area contributed by atoms with E-state index in [1.54, 1.807) is 6.07 Å². The summed E-state index contributed by atoms with van der Waals surface area (Å²) in [6, 6.07) is 1.61. The number of nitrogens with one attached hydrogen (secondary N) is 1. The van der Waals surface area contributed by atoms with Crippen LogP contribution < -0.4 is 5.32 Å². The summed E-state index contributed by atoms with van der Waals surface area (Å²) in [5.41, 5.74) is 0.215. The lowest BCUT2D eigenvalue weighted by Crippen LogP contribution is -2.33. The molecule has 1 N–H and O–H groups in total. The van der Waals surface area contributed by atoms with Crippen LogP contribution in [0, 0.1) is 0 Å². The van der Waals surface area contributed by atoms with Crippen LogP contribution in [0.5, 0.6) is 0 Å². The van der Waals surface area contributed by atoms with Gasteiger partial charge in [0.2, 0.25) is 11.7 Å². The van der Waals surface area contributed by atoms with E-state index in [0.29, 0.717) is 27.5 Å². The average Bonchev–Trinajstić information content (AvgIpc) is 2.99. The Balaban J connectivity index is 1.97. The Labute approximate surface area is 120 Å². The summed E-state index contributed by atoms with van der Waals surface area (Å²) in [4.78, 5) is 8.54. The Hall–Kier alpha value is -1.17. The molecule has 1 aliphatic heterocycles. The third kappa shape index (κ3) is 2.33. The molecule has 0 saturated carbocycles. The van der Waals surface area contributed by atoms with Gasteiger partial charge in [0.25, 0.3) is 0 Å². The van der Waals surface area contributed by atoms with Crippen molar-refractivity contribution in [2.75, 3.05) is 6.54 Å². The van der Waals surface area contributed by atoms with E-state index in [9.17, 15) is 0 Å². The smallest absolute Gasteiger partial charge is 0.247 e. The second-order valence-corrected chi connectivity index (χ2v) is 5.61. The van der Waals surface area contributed by atoms with Crippen LogP contribution >= 0.6 is 23.2 Å². The molecule has 3 heterocycles. The highest BCUT2D eigenvalue weighted by Gasteiger charge is 2.36. The van der Waals surface area contributed by atoms with E-state index >= 15 is 0 Å². The summed E-state index contributed by atoms with van der Waals surface area (Å²) in [5.74, 6) is 0.944. The third-order valence-electron chi connectivity index (χ3n) is 3.29. The van der Waals surface area contributed by atoms with Crippen molar-refractivity contribution >= 4 is 23.2 Å². The molecule has 0 spiro atoms. The summed E-state index contributed by atoms with van der Waals surface area (Å²) >= 11 is 11.9. The summed E-state index contributed by atoms with van der Waals surface area (Å²) in [6.07, 6.45) is 3.57.